The molecule has 0 heterocycles. The van der Waals surface area contributed by atoms with Crippen LogP contribution < -0.4 is 5.32 Å². The number of hydrogen-bond acceptors (Lipinski definition) is 2. The smallest absolute Gasteiger partial charge is 0.416 e. The number of carbonyl (C=O) groups excluding carboxylic acids is 1. The average Bonchev–Trinajstić information content (AvgIpc) is 2.36. The molecule has 0 aromatic heterocycles. The van der Waals surface area contributed by atoms with Crippen molar-refractivity contribution in [3.05, 3.63) is 35.4 Å². The number of carboxylic acids is 1. The molecule has 0 aliphatic heterocycles. The van der Waals surface area contributed by atoms with Crippen LogP contribution in [0.1, 0.15) is 25.0 Å². The van der Waals surface area contributed by atoms with Gasteiger partial charge in [0.05, 0.1) is 5.56 Å². The lowest BCUT2D eigenvalue weighted by Gasteiger charge is -2.18. The standard InChI is InChI=1S/C14H16F3NO3/c1-8(18-12(19)9(2)13(20)21)7-10-5-3-4-6-11(10)14(15,16)17/h3-6,8-9H,7H2,1-2H3,(H,18,19)(H,20,21). The maximum atomic E-state index is 12.8. The summed E-state index contributed by atoms with van der Waals surface area (Å²) < 4.78 is 38.5. The van der Waals surface area contributed by atoms with E-state index in [1.165, 1.54) is 32.0 Å². The van der Waals surface area contributed by atoms with Crippen LogP contribution in [0.25, 0.3) is 0 Å². The van der Waals surface area contributed by atoms with Crippen LogP contribution in [0.2, 0.25) is 0 Å². The van der Waals surface area contributed by atoms with E-state index in [9.17, 15) is 22.8 Å². The molecule has 0 saturated heterocycles. The fourth-order valence-corrected chi connectivity index (χ4v) is 1.84. The Morgan fingerprint density at radius 1 is 1.24 bits per heavy atom. The second-order valence-corrected chi connectivity index (χ2v) is 4.83. The molecule has 0 radical (unpaired) electrons. The highest BCUT2D eigenvalue weighted by Crippen LogP contribution is 2.32. The van der Waals surface area contributed by atoms with Crippen molar-refractivity contribution in [3.8, 4) is 0 Å². The van der Waals surface area contributed by atoms with Gasteiger partial charge in [0.15, 0.2) is 0 Å². The van der Waals surface area contributed by atoms with Gasteiger partial charge in [-0.3, -0.25) is 9.59 Å². The molecule has 0 aliphatic rings. The molecule has 0 fully saturated rings. The summed E-state index contributed by atoms with van der Waals surface area (Å²) in [5.41, 5.74) is -0.696. The van der Waals surface area contributed by atoms with Crippen LogP contribution in [0.5, 0.6) is 0 Å². The molecule has 1 rings (SSSR count). The maximum Gasteiger partial charge on any atom is 0.416 e. The number of benzene rings is 1. The SMILES string of the molecule is CC(Cc1ccccc1C(F)(F)F)NC(=O)C(C)C(=O)O. The Labute approximate surface area is 120 Å². The topological polar surface area (TPSA) is 66.4 Å². The quantitative estimate of drug-likeness (QED) is 0.821. The molecule has 0 aliphatic carbocycles. The van der Waals surface area contributed by atoms with E-state index in [0.29, 0.717) is 0 Å². The van der Waals surface area contributed by atoms with Crippen molar-refractivity contribution in [1.82, 2.24) is 5.32 Å². The first kappa shape index (κ1) is 17.0. The first-order chi connectivity index (χ1) is 9.62. The fraction of sp³-hybridized carbons (Fsp3) is 0.429. The number of rotatable bonds is 5. The molecule has 7 heteroatoms. The van der Waals surface area contributed by atoms with Crippen molar-refractivity contribution in [1.29, 1.82) is 0 Å². The third-order valence-corrected chi connectivity index (χ3v) is 3.00. The van der Waals surface area contributed by atoms with E-state index < -0.39 is 35.6 Å². The zero-order chi connectivity index (χ0) is 16.2. The minimum absolute atomic E-state index is 0.0340. The van der Waals surface area contributed by atoms with Gasteiger partial charge in [-0.05, 0) is 31.9 Å². The Bertz CT molecular complexity index is 528. The van der Waals surface area contributed by atoms with Crippen LogP contribution in [0, 0.1) is 5.92 Å². The molecule has 21 heavy (non-hydrogen) atoms. The van der Waals surface area contributed by atoms with E-state index in [-0.39, 0.29) is 12.0 Å². The van der Waals surface area contributed by atoms with Crippen LogP contribution in [0.15, 0.2) is 24.3 Å². The van der Waals surface area contributed by atoms with Gasteiger partial charge < -0.3 is 10.4 Å². The van der Waals surface area contributed by atoms with Crippen LogP contribution >= 0.6 is 0 Å². The number of alkyl halides is 3. The summed E-state index contributed by atoms with van der Waals surface area (Å²) in [6, 6.07) is 4.49. The van der Waals surface area contributed by atoms with Gasteiger partial charge in [0, 0.05) is 6.04 Å². The minimum Gasteiger partial charge on any atom is -0.481 e. The molecule has 4 nitrogen and oxygen atoms in total. The van der Waals surface area contributed by atoms with Gasteiger partial charge in [0.1, 0.15) is 5.92 Å². The highest BCUT2D eigenvalue weighted by molar-refractivity contribution is 5.96. The number of halogens is 3. The van der Waals surface area contributed by atoms with Crippen molar-refractivity contribution >= 4 is 11.9 Å². The number of nitrogens with one attached hydrogen (secondary N) is 1. The van der Waals surface area contributed by atoms with Crippen LogP contribution in [0.4, 0.5) is 13.2 Å². The van der Waals surface area contributed by atoms with Crippen LogP contribution in [-0.4, -0.2) is 23.0 Å². The monoisotopic (exact) mass is 303 g/mol. The summed E-state index contributed by atoms with van der Waals surface area (Å²) >= 11 is 0. The molecule has 0 saturated carbocycles. The van der Waals surface area contributed by atoms with E-state index in [4.69, 9.17) is 5.11 Å². The second-order valence-electron chi connectivity index (χ2n) is 4.83. The van der Waals surface area contributed by atoms with Gasteiger partial charge in [0.2, 0.25) is 5.91 Å². The normalized spacial score (nSPS) is 14.3. The number of amides is 1. The molecule has 0 bridgehead atoms. The van der Waals surface area contributed by atoms with E-state index in [1.54, 1.807) is 0 Å². The predicted molar refractivity (Wildman–Crippen MR) is 69.6 cm³/mol. The summed E-state index contributed by atoms with van der Waals surface area (Å²) in [4.78, 5) is 22.2. The van der Waals surface area contributed by atoms with Crippen molar-refractivity contribution in [2.24, 2.45) is 5.92 Å². The number of carboxylic acid groups (broad SMARTS) is 1. The minimum atomic E-state index is -4.46. The molecule has 1 aromatic carbocycles. The van der Waals surface area contributed by atoms with Gasteiger partial charge in [0.25, 0.3) is 0 Å². The van der Waals surface area contributed by atoms with Gasteiger partial charge in [-0.25, -0.2) is 0 Å². The Balaban J connectivity index is 2.78. The summed E-state index contributed by atoms with van der Waals surface area (Å²) in [7, 11) is 0. The number of carbonyl (C=O) groups is 2. The number of aliphatic carboxylic acids is 1. The van der Waals surface area contributed by atoms with Crippen molar-refractivity contribution in [3.63, 3.8) is 0 Å². The van der Waals surface area contributed by atoms with Crippen LogP contribution in [-0.2, 0) is 22.2 Å². The van der Waals surface area contributed by atoms with Gasteiger partial charge in [-0.2, -0.15) is 13.2 Å². The molecule has 2 unspecified atom stereocenters. The van der Waals surface area contributed by atoms with E-state index in [1.807, 2.05) is 0 Å². The Kier molecular flexibility index (Phi) is 5.34. The number of hydrogen-bond donors (Lipinski definition) is 2. The fourth-order valence-electron chi connectivity index (χ4n) is 1.84. The molecule has 2 N–H and O–H groups in total. The predicted octanol–water partition coefficient (Wildman–Crippen LogP) is 2.47. The molecule has 1 aromatic rings. The zero-order valence-electron chi connectivity index (χ0n) is 11.6. The summed E-state index contributed by atoms with van der Waals surface area (Å²) in [6.45, 7) is 2.74. The zero-order valence-corrected chi connectivity index (χ0v) is 11.6. The Morgan fingerprint density at radius 3 is 2.33 bits per heavy atom. The lowest BCUT2D eigenvalue weighted by Crippen LogP contribution is -2.40. The molecule has 2 atom stereocenters. The Morgan fingerprint density at radius 2 is 1.81 bits per heavy atom. The average molecular weight is 303 g/mol. The molecular formula is C14H16F3NO3. The summed E-state index contributed by atoms with van der Waals surface area (Å²) in [5.74, 6) is -3.25. The largest absolute Gasteiger partial charge is 0.481 e. The van der Waals surface area contributed by atoms with E-state index in [2.05, 4.69) is 5.32 Å². The highest BCUT2D eigenvalue weighted by atomic mass is 19.4. The second kappa shape index (κ2) is 6.60. The summed E-state index contributed by atoms with van der Waals surface area (Å²) in [5, 5.41) is 11.1. The van der Waals surface area contributed by atoms with Crippen molar-refractivity contribution < 1.29 is 27.9 Å². The first-order valence-electron chi connectivity index (χ1n) is 6.31. The van der Waals surface area contributed by atoms with Crippen LogP contribution in [0.3, 0.4) is 0 Å². The molecular weight excluding hydrogens is 287 g/mol. The summed E-state index contributed by atoms with van der Waals surface area (Å²) in [6.07, 6.45) is -4.50. The first-order valence-corrected chi connectivity index (χ1v) is 6.31. The lowest BCUT2D eigenvalue weighted by atomic mass is 10.00. The molecule has 1 amide bonds. The molecule has 0 spiro atoms. The third kappa shape index (κ3) is 4.77. The van der Waals surface area contributed by atoms with Gasteiger partial charge >= 0.3 is 12.1 Å². The van der Waals surface area contributed by atoms with Gasteiger partial charge in [-0.1, -0.05) is 18.2 Å². The molecule has 116 valence electrons. The lowest BCUT2D eigenvalue weighted by molar-refractivity contribution is -0.146. The van der Waals surface area contributed by atoms with E-state index >= 15 is 0 Å². The third-order valence-electron chi connectivity index (χ3n) is 3.00. The highest BCUT2D eigenvalue weighted by Gasteiger charge is 2.33. The van der Waals surface area contributed by atoms with Gasteiger partial charge in [-0.15, -0.1) is 0 Å². The Hall–Kier alpha value is -2.05. The van der Waals surface area contributed by atoms with Crippen molar-refractivity contribution in [2.75, 3.05) is 0 Å². The maximum absolute atomic E-state index is 12.8. The van der Waals surface area contributed by atoms with Crippen molar-refractivity contribution in [2.45, 2.75) is 32.5 Å². The van der Waals surface area contributed by atoms with E-state index in [0.717, 1.165) is 6.07 Å².